The second-order valence-electron chi connectivity index (χ2n) is 12.3. The van der Waals surface area contributed by atoms with Gasteiger partial charge in [-0.1, -0.05) is 116 Å². The van der Waals surface area contributed by atoms with Gasteiger partial charge in [-0.15, -0.1) is 0 Å². The molecule has 0 bridgehead atoms. The SMILES string of the molecule is C=CC(=O)Oc1cc(OC(=O)C=C)c2c(c1)-c1ccc(N(c3ccccc3)c3ccc(C)cc3C)cc1C2(c1ccccc1)c1ccccc1. The highest BCUT2D eigenvalue weighted by molar-refractivity contribution is 5.94. The third kappa shape index (κ3) is 5.49. The lowest BCUT2D eigenvalue weighted by molar-refractivity contribution is -0.129. The smallest absolute Gasteiger partial charge is 0.335 e. The van der Waals surface area contributed by atoms with Crippen molar-refractivity contribution in [3.05, 3.63) is 198 Å². The Hall–Kier alpha value is -6.46. The van der Waals surface area contributed by atoms with Gasteiger partial charge in [0.1, 0.15) is 11.5 Å². The van der Waals surface area contributed by atoms with Gasteiger partial charge in [0.15, 0.2) is 0 Å². The standard InChI is InChI=1S/C45H35NO4/c1-5-42(47)49-36-28-38-37-24-23-35(46(34-20-14-9-15-21-34)40-25-22-30(3)26-31(40)4)27-39(37)45(32-16-10-7-11-17-32,33-18-12-8-13-19-33)44(38)41(29-36)50-43(48)6-2/h5-29H,1-2H2,3-4H3. The maximum absolute atomic E-state index is 13.0. The second-order valence-corrected chi connectivity index (χ2v) is 12.3. The molecule has 0 amide bonds. The fraction of sp³-hybridized carbons (Fsp3) is 0.0667. The van der Waals surface area contributed by atoms with E-state index in [-0.39, 0.29) is 11.5 Å². The average Bonchev–Trinajstić information content (AvgIpc) is 3.44. The Morgan fingerprint density at radius 3 is 1.82 bits per heavy atom. The molecule has 1 aliphatic carbocycles. The van der Waals surface area contributed by atoms with Gasteiger partial charge >= 0.3 is 11.9 Å². The highest BCUT2D eigenvalue weighted by Crippen LogP contribution is 2.60. The maximum Gasteiger partial charge on any atom is 0.335 e. The Morgan fingerprint density at radius 2 is 1.22 bits per heavy atom. The van der Waals surface area contributed by atoms with E-state index in [1.165, 1.54) is 5.56 Å². The number of hydrogen-bond acceptors (Lipinski definition) is 5. The van der Waals surface area contributed by atoms with Crippen LogP contribution >= 0.6 is 0 Å². The van der Waals surface area contributed by atoms with Crippen molar-refractivity contribution in [1.29, 1.82) is 0 Å². The normalized spacial score (nSPS) is 12.3. The van der Waals surface area contributed by atoms with E-state index in [9.17, 15) is 9.59 Å². The first-order valence-corrected chi connectivity index (χ1v) is 16.4. The van der Waals surface area contributed by atoms with E-state index in [4.69, 9.17) is 9.47 Å². The zero-order valence-electron chi connectivity index (χ0n) is 27.9. The van der Waals surface area contributed by atoms with Gasteiger partial charge in [-0.05, 0) is 83.6 Å². The van der Waals surface area contributed by atoms with Crippen LogP contribution in [0.25, 0.3) is 11.1 Å². The minimum absolute atomic E-state index is 0.230. The van der Waals surface area contributed by atoms with Crippen molar-refractivity contribution in [2.45, 2.75) is 19.3 Å². The number of aryl methyl sites for hydroxylation is 2. The quantitative estimate of drug-likeness (QED) is 0.0882. The molecule has 0 aromatic heterocycles. The third-order valence-corrected chi connectivity index (χ3v) is 9.19. The maximum atomic E-state index is 13.0. The van der Waals surface area contributed by atoms with Crippen LogP contribution < -0.4 is 14.4 Å². The summed E-state index contributed by atoms with van der Waals surface area (Å²) in [7, 11) is 0. The first kappa shape index (κ1) is 32.1. The highest BCUT2D eigenvalue weighted by atomic mass is 16.5. The largest absolute Gasteiger partial charge is 0.423 e. The second kappa shape index (κ2) is 13.2. The number of benzene rings is 6. The van der Waals surface area contributed by atoms with Crippen LogP contribution in [0.3, 0.4) is 0 Å². The summed E-state index contributed by atoms with van der Waals surface area (Å²) in [5, 5.41) is 0. The molecule has 5 nitrogen and oxygen atoms in total. The highest BCUT2D eigenvalue weighted by Gasteiger charge is 2.49. The van der Waals surface area contributed by atoms with Crippen LogP contribution in [0.1, 0.15) is 33.4 Å². The zero-order chi connectivity index (χ0) is 34.8. The molecule has 244 valence electrons. The predicted octanol–water partition coefficient (Wildman–Crippen LogP) is 10.3. The summed E-state index contributed by atoms with van der Waals surface area (Å²) in [6.45, 7) is 11.4. The van der Waals surface area contributed by atoms with Crippen LogP contribution in [-0.2, 0) is 15.0 Å². The van der Waals surface area contributed by atoms with E-state index in [1.54, 1.807) is 6.07 Å². The Labute approximate surface area is 292 Å². The van der Waals surface area contributed by atoms with Gasteiger partial charge in [-0.2, -0.15) is 0 Å². The number of para-hydroxylation sites is 1. The Bertz CT molecular complexity index is 2220. The molecule has 0 fully saturated rings. The van der Waals surface area contributed by atoms with Crippen molar-refractivity contribution in [3.8, 4) is 22.6 Å². The molecule has 5 heteroatoms. The summed E-state index contributed by atoms with van der Waals surface area (Å²) in [5.41, 5.74) is 9.80. The van der Waals surface area contributed by atoms with Crippen LogP contribution in [0, 0.1) is 13.8 Å². The van der Waals surface area contributed by atoms with Gasteiger partial charge in [0, 0.05) is 40.8 Å². The van der Waals surface area contributed by atoms with E-state index in [2.05, 4.69) is 105 Å². The summed E-state index contributed by atoms with van der Waals surface area (Å²) >= 11 is 0. The molecule has 0 unspecified atom stereocenters. The van der Waals surface area contributed by atoms with E-state index in [0.29, 0.717) is 0 Å². The molecule has 6 aromatic carbocycles. The topological polar surface area (TPSA) is 55.8 Å². The van der Waals surface area contributed by atoms with E-state index < -0.39 is 17.4 Å². The van der Waals surface area contributed by atoms with E-state index in [0.717, 1.165) is 68.2 Å². The number of carbonyl (C=O) groups excluding carboxylic acids is 2. The molecule has 7 rings (SSSR count). The number of rotatable bonds is 9. The summed E-state index contributed by atoms with van der Waals surface area (Å²) in [6, 6.07) is 47.1. The molecule has 0 saturated heterocycles. The van der Waals surface area contributed by atoms with Gasteiger partial charge in [0.25, 0.3) is 0 Å². The lowest BCUT2D eigenvalue weighted by Crippen LogP contribution is -2.29. The van der Waals surface area contributed by atoms with Crippen LogP contribution in [0.15, 0.2) is 165 Å². The van der Waals surface area contributed by atoms with Crippen LogP contribution in [0.4, 0.5) is 17.1 Å². The molecule has 0 aliphatic heterocycles. The number of hydrogen-bond donors (Lipinski definition) is 0. The average molecular weight is 654 g/mol. The Kier molecular flexibility index (Phi) is 8.48. The van der Waals surface area contributed by atoms with Gasteiger partial charge in [0.2, 0.25) is 0 Å². The summed E-state index contributed by atoms with van der Waals surface area (Å²) in [5.74, 6) is -0.757. The number of carbonyl (C=O) groups is 2. The van der Waals surface area contributed by atoms with Crippen molar-refractivity contribution < 1.29 is 19.1 Å². The summed E-state index contributed by atoms with van der Waals surface area (Å²) in [6.07, 6.45) is 2.23. The van der Waals surface area contributed by atoms with Gasteiger partial charge in [-0.3, -0.25) is 0 Å². The molecule has 0 radical (unpaired) electrons. The van der Waals surface area contributed by atoms with E-state index in [1.807, 2.05) is 60.7 Å². The van der Waals surface area contributed by atoms with Crippen molar-refractivity contribution in [2.24, 2.45) is 0 Å². The van der Waals surface area contributed by atoms with Crippen molar-refractivity contribution in [2.75, 3.05) is 4.90 Å². The molecule has 0 heterocycles. The van der Waals surface area contributed by atoms with Crippen molar-refractivity contribution in [3.63, 3.8) is 0 Å². The number of ether oxygens (including phenoxy) is 2. The number of fused-ring (bicyclic) bond motifs is 3. The molecule has 50 heavy (non-hydrogen) atoms. The molecule has 0 N–H and O–H groups in total. The van der Waals surface area contributed by atoms with Crippen LogP contribution in [-0.4, -0.2) is 11.9 Å². The fourth-order valence-electron chi connectivity index (χ4n) is 7.19. The lowest BCUT2D eigenvalue weighted by Gasteiger charge is -2.35. The number of nitrogens with zero attached hydrogens (tertiary/aromatic N) is 1. The first-order chi connectivity index (χ1) is 24.3. The monoisotopic (exact) mass is 653 g/mol. The molecule has 0 saturated carbocycles. The lowest BCUT2D eigenvalue weighted by atomic mass is 9.67. The summed E-state index contributed by atoms with van der Waals surface area (Å²) in [4.78, 5) is 27.7. The Morgan fingerprint density at radius 1 is 0.620 bits per heavy atom. The molecular weight excluding hydrogens is 618 g/mol. The minimum atomic E-state index is -0.939. The Balaban J connectivity index is 1.60. The van der Waals surface area contributed by atoms with Gasteiger partial charge in [0.05, 0.1) is 5.41 Å². The number of esters is 2. The molecule has 0 atom stereocenters. The summed E-state index contributed by atoms with van der Waals surface area (Å²) < 4.78 is 11.7. The number of anilines is 3. The molecule has 1 aliphatic rings. The van der Waals surface area contributed by atoms with Crippen LogP contribution in [0.5, 0.6) is 11.5 Å². The fourth-order valence-corrected chi connectivity index (χ4v) is 7.19. The molecule has 6 aromatic rings. The van der Waals surface area contributed by atoms with Gasteiger partial charge in [-0.25, -0.2) is 9.59 Å². The first-order valence-electron chi connectivity index (χ1n) is 16.4. The predicted molar refractivity (Wildman–Crippen MR) is 200 cm³/mol. The molecule has 0 spiro atoms. The zero-order valence-corrected chi connectivity index (χ0v) is 27.9. The third-order valence-electron chi connectivity index (χ3n) is 9.19. The van der Waals surface area contributed by atoms with Gasteiger partial charge < -0.3 is 14.4 Å². The molecular formula is C45H35NO4. The van der Waals surface area contributed by atoms with Crippen molar-refractivity contribution in [1.82, 2.24) is 0 Å². The van der Waals surface area contributed by atoms with E-state index >= 15 is 0 Å². The minimum Gasteiger partial charge on any atom is -0.423 e. The van der Waals surface area contributed by atoms with Crippen molar-refractivity contribution >= 4 is 29.0 Å². The van der Waals surface area contributed by atoms with Crippen LogP contribution in [0.2, 0.25) is 0 Å².